The molecule has 2 aromatic rings. The molecule has 102 valence electrons. The van der Waals surface area contributed by atoms with E-state index in [0.717, 1.165) is 47.7 Å². The van der Waals surface area contributed by atoms with Gasteiger partial charge in [0.2, 0.25) is 0 Å². The molecule has 0 aromatic carbocycles. The van der Waals surface area contributed by atoms with Gasteiger partial charge in [0.15, 0.2) is 5.82 Å². The van der Waals surface area contributed by atoms with Gasteiger partial charge in [0, 0.05) is 25.4 Å². The number of halogens is 1. The zero-order valence-corrected chi connectivity index (χ0v) is 12.8. The molecule has 0 aliphatic rings. The number of nitrogens with zero attached hydrogens (tertiary/aromatic N) is 4. The lowest BCUT2D eigenvalue weighted by molar-refractivity contribution is 0.793. The van der Waals surface area contributed by atoms with Crippen LogP contribution in [-0.4, -0.2) is 26.1 Å². The Kier molecular flexibility index (Phi) is 4.90. The number of hydrogen-bond donors (Lipinski definition) is 1. The third kappa shape index (κ3) is 3.12. The zero-order chi connectivity index (χ0) is 13.7. The maximum Gasteiger partial charge on any atom is 0.158 e. The average Bonchev–Trinajstić information content (AvgIpc) is 2.86. The molecule has 0 atom stereocenters. The molecule has 6 heteroatoms. The van der Waals surface area contributed by atoms with Crippen LogP contribution in [-0.2, 0) is 6.42 Å². The predicted molar refractivity (Wildman–Crippen MR) is 79.6 cm³/mol. The molecular formula is C13H18BrN5. The van der Waals surface area contributed by atoms with E-state index >= 15 is 0 Å². The second kappa shape index (κ2) is 6.65. The standard InChI is InChI=1S/C13H18BrN5/c1-3-5-10-15-7-8-19(10)13-11(14)12(16-6-4-2)17-9-18-13/h7-9H,3-6H2,1-2H3,(H,16,17,18). The molecular weight excluding hydrogens is 306 g/mol. The van der Waals surface area contributed by atoms with Gasteiger partial charge >= 0.3 is 0 Å². The molecule has 2 aromatic heterocycles. The van der Waals surface area contributed by atoms with E-state index in [9.17, 15) is 0 Å². The van der Waals surface area contributed by atoms with E-state index in [1.807, 2.05) is 10.8 Å². The van der Waals surface area contributed by atoms with Crippen molar-refractivity contribution in [1.29, 1.82) is 0 Å². The van der Waals surface area contributed by atoms with Gasteiger partial charge in [-0.15, -0.1) is 0 Å². The first-order valence-electron chi connectivity index (χ1n) is 6.54. The molecule has 19 heavy (non-hydrogen) atoms. The summed E-state index contributed by atoms with van der Waals surface area (Å²) in [6.07, 6.45) is 8.36. The fraction of sp³-hybridized carbons (Fsp3) is 0.462. The lowest BCUT2D eigenvalue weighted by Gasteiger charge is -2.11. The first-order chi connectivity index (χ1) is 9.27. The molecule has 0 radical (unpaired) electrons. The summed E-state index contributed by atoms with van der Waals surface area (Å²) >= 11 is 3.58. The maximum atomic E-state index is 4.38. The third-order valence-corrected chi connectivity index (χ3v) is 3.46. The minimum atomic E-state index is 0.822. The van der Waals surface area contributed by atoms with Gasteiger partial charge in [0.1, 0.15) is 22.4 Å². The van der Waals surface area contributed by atoms with Crippen LogP contribution in [0.25, 0.3) is 5.82 Å². The summed E-state index contributed by atoms with van der Waals surface area (Å²) in [5.41, 5.74) is 0. The molecule has 5 nitrogen and oxygen atoms in total. The third-order valence-electron chi connectivity index (χ3n) is 2.73. The van der Waals surface area contributed by atoms with Crippen molar-refractivity contribution in [2.45, 2.75) is 33.1 Å². The summed E-state index contributed by atoms with van der Waals surface area (Å²) in [5, 5.41) is 3.28. The zero-order valence-electron chi connectivity index (χ0n) is 11.2. The summed E-state index contributed by atoms with van der Waals surface area (Å²) in [5.74, 6) is 2.67. The highest BCUT2D eigenvalue weighted by Crippen LogP contribution is 2.26. The van der Waals surface area contributed by atoms with E-state index in [1.165, 1.54) is 0 Å². The van der Waals surface area contributed by atoms with Crippen LogP contribution in [0, 0.1) is 0 Å². The monoisotopic (exact) mass is 323 g/mol. The molecule has 0 bridgehead atoms. The fourth-order valence-electron chi connectivity index (χ4n) is 1.83. The Morgan fingerprint density at radius 3 is 2.79 bits per heavy atom. The largest absolute Gasteiger partial charge is 0.369 e. The average molecular weight is 324 g/mol. The highest BCUT2D eigenvalue weighted by Gasteiger charge is 2.12. The van der Waals surface area contributed by atoms with Gasteiger partial charge < -0.3 is 5.32 Å². The van der Waals surface area contributed by atoms with Gasteiger partial charge in [0.05, 0.1) is 0 Å². The number of aryl methyl sites for hydroxylation is 1. The molecule has 0 amide bonds. The van der Waals surface area contributed by atoms with Crippen LogP contribution in [0.3, 0.4) is 0 Å². The van der Waals surface area contributed by atoms with Crippen molar-refractivity contribution in [1.82, 2.24) is 19.5 Å². The minimum absolute atomic E-state index is 0.822. The van der Waals surface area contributed by atoms with Crippen molar-refractivity contribution in [3.05, 3.63) is 29.0 Å². The lowest BCUT2D eigenvalue weighted by atomic mass is 10.3. The Morgan fingerprint density at radius 1 is 1.21 bits per heavy atom. The van der Waals surface area contributed by atoms with Crippen molar-refractivity contribution in [3.8, 4) is 5.82 Å². The second-order valence-electron chi connectivity index (χ2n) is 4.25. The van der Waals surface area contributed by atoms with Crippen LogP contribution in [0.1, 0.15) is 32.5 Å². The van der Waals surface area contributed by atoms with Gasteiger partial charge in [-0.05, 0) is 28.8 Å². The van der Waals surface area contributed by atoms with Crippen molar-refractivity contribution in [2.75, 3.05) is 11.9 Å². The molecule has 0 saturated carbocycles. The topological polar surface area (TPSA) is 55.6 Å². The van der Waals surface area contributed by atoms with E-state index in [4.69, 9.17) is 0 Å². The normalized spacial score (nSPS) is 10.7. The number of anilines is 1. The summed E-state index contributed by atoms with van der Waals surface area (Å²) in [4.78, 5) is 13.0. The molecule has 0 fully saturated rings. The molecule has 2 heterocycles. The van der Waals surface area contributed by atoms with E-state index < -0.39 is 0 Å². The predicted octanol–water partition coefficient (Wildman–Crippen LogP) is 3.20. The van der Waals surface area contributed by atoms with Crippen LogP contribution in [0.5, 0.6) is 0 Å². The van der Waals surface area contributed by atoms with Gasteiger partial charge in [-0.3, -0.25) is 4.57 Å². The van der Waals surface area contributed by atoms with Crippen LogP contribution in [0.15, 0.2) is 23.2 Å². The number of hydrogen-bond acceptors (Lipinski definition) is 4. The van der Waals surface area contributed by atoms with Crippen molar-refractivity contribution in [2.24, 2.45) is 0 Å². The molecule has 0 aliphatic heterocycles. The Balaban J connectivity index is 2.36. The van der Waals surface area contributed by atoms with Crippen LogP contribution < -0.4 is 5.32 Å². The van der Waals surface area contributed by atoms with Gasteiger partial charge in [-0.25, -0.2) is 15.0 Å². The van der Waals surface area contributed by atoms with Crippen LogP contribution >= 0.6 is 15.9 Å². The molecule has 1 N–H and O–H groups in total. The van der Waals surface area contributed by atoms with Crippen LogP contribution in [0.2, 0.25) is 0 Å². The summed E-state index contributed by atoms with van der Waals surface area (Å²) in [7, 11) is 0. The van der Waals surface area contributed by atoms with Crippen molar-refractivity contribution >= 4 is 21.7 Å². The highest BCUT2D eigenvalue weighted by atomic mass is 79.9. The smallest absolute Gasteiger partial charge is 0.158 e. The fourth-order valence-corrected chi connectivity index (χ4v) is 2.37. The number of rotatable bonds is 6. The second-order valence-corrected chi connectivity index (χ2v) is 5.04. The molecule has 0 spiro atoms. The van der Waals surface area contributed by atoms with E-state index in [-0.39, 0.29) is 0 Å². The quantitative estimate of drug-likeness (QED) is 0.886. The molecule has 2 rings (SSSR count). The Morgan fingerprint density at radius 2 is 2.05 bits per heavy atom. The van der Waals surface area contributed by atoms with Gasteiger partial charge in [-0.1, -0.05) is 13.8 Å². The molecule has 0 aliphatic carbocycles. The van der Waals surface area contributed by atoms with Crippen LogP contribution in [0.4, 0.5) is 5.82 Å². The maximum absolute atomic E-state index is 4.38. The Bertz CT molecular complexity index is 538. The van der Waals surface area contributed by atoms with Gasteiger partial charge in [0.25, 0.3) is 0 Å². The molecule has 0 saturated heterocycles. The summed E-state index contributed by atoms with van der Waals surface area (Å²) in [6.45, 7) is 5.15. The van der Waals surface area contributed by atoms with Crippen molar-refractivity contribution in [3.63, 3.8) is 0 Å². The number of nitrogens with one attached hydrogen (secondary N) is 1. The number of imidazole rings is 1. The minimum Gasteiger partial charge on any atom is -0.369 e. The summed E-state index contributed by atoms with van der Waals surface area (Å²) < 4.78 is 2.88. The Labute approximate surface area is 121 Å². The SMILES string of the molecule is CCCNc1ncnc(-n2ccnc2CCC)c1Br. The van der Waals surface area contributed by atoms with Crippen molar-refractivity contribution < 1.29 is 0 Å². The Hall–Kier alpha value is -1.43. The number of aromatic nitrogens is 4. The first-order valence-corrected chi connectivity index (χ1v) is 7.34. The molecule has 0 unspecified atom stereocenters. The summed E-state index contributed by atoms with van der Waals surface area (Å²) in [6, 6.07) is 0. The van der Waals surface area contributed by atoms with E-state index in [2.05, 4.69) is 50.0 Å². The van der Waals surface area contributed by atoms with Gasteiger partial charge in [-0.2, -0.15) is 0 Å². The lowest BCUT2D eigenvalue weighted by Crippen LogP contribution is -2.08. The highest BCUT2D eigenvalue weighted by molar-refractivity contribution is 9.10. The first kappa shape index (κ1) is 14.0. The van der Waals surface area contributed by atoms with E-state index in [1.54, 1.807) is 12.5 Å². The van der Waals surface area contributed by atoms with E-state index in [0.29, 0.717) is 0 Å².